The molecule has 0 fully saturated rings. The van der Waals surface area contributed by atoms with Gasteiger partial charge in [0.05, 0.1) is 0 Å². The summed E-state index contributed by atoms with van der Waals surface area (Å²) in [5, 5.41) is 0. The first kappa shape index (κ1) is 11.3. The molecule has 1 nitrogen and oxygen atoms in total. The van der Waals surface area contributed by atoms with Crippen molar-refractivity contribution < 1.29 is 0 Å². The Morgan fingerprint density at radius 1 is 0.714 bits per heavy atom. The fraction of sp³-hybridized carbons (Fsp3) is 0.538. The van der Waals surface area contributed by atoms with Crippen molar-refractivity contribution in [3.05, 3.63) is 33.4 Å². The molecule has 0 amide bonds. The van der Waals surface area contributed by atoms with E-state index in [-0.39, 0.29) is 0 Å². The largest absolute Gasteiger partial charge is 0.330 e. The molecule has 1 rings (SSSR count). The molecule has 78 valence electrons. The van der Waals surface area contributed by atoms with Crippen molar-refractivity contribution in [3.63, 3.8) is 0 Å². The Labute approximate surface area is 87.3 Å². The number of nitrogens with two attached hydrogens (primary N) is 1. The van der Waals surface area contributed by atoms with Crippen molar-refractivity contribution in [2.24, 2.45) is 5.73 Å². The Hall–Kier alpha value is -0.820. The first-order chi connectivity index (χ1) is 6.50. The van der Waals surface area contributed by atoms with Crippen LogP contribution in [0.2, 0.25) is 0 Å². The Balaban J connectivity index is 3.43. The summed E-state index contributed by atoms with van der Waals surface area (Å²) in [7, 11) is 0. The molecule has 0 saturated heterocycles. The minimum absolute atomic E-state index is 0.740. The second kappa shape index (κ2) is 4.14. The molecule has 0 spiro atoms. The molecular weight excluding hydrogens is 170 g/mol. The van der Waals surface area contributed by atoms with E-state index in [1.54, 1.807) is 0 Å². The molecule has 0 aliphatic heterocycles. The van der Waals surface area contributed by atoms with Crippen LogP contribution in [0, 0.1) is 34.6 Å². The summed E-state index contributed by atoms with van der Waals surface area (Å²) in [5.74, 6) is 0. The monoisotopic (exact) mass is 191 g/mol. The van der Waals surface area contributed by atoms with Crippen LogP contribution in [0.4, 0.5) is 0 Å². The minimum atomic E-state index is 0.740. The predicted molar refractivity (Wildman–Crippen MR) is 62.9 cm³/mol. The van der Waals surface area contributed by atoms with Crippen molar-refractivity contribution >= 4 is 0 Å². The van der Waals surface area contributed by atoms with Crippen LogP contribution in [0.15, 0.2) is 0 Å². The van der Waals surface area contributed by atoms with Crippen molar-refractivity contribution in [1.29, 1.82) is 0 Å². The molecule has 0 saturated carbocycles. The summed E-state index contributed by atoms with van der Waals surface area (Å²) in [6, 6.07) is 0. The molecule has 0 aliphatic rings. The Morgan fingerprint density at radius 2 is 1.07 bits per heavy atom. The normalized spacial score (nSPS) is 10.7. The zero-order valence-corrected chi connectivity index (χ0v) is 9.99. The number of hydrogen-bond donors (Lipinski definition) is 1. The molecule has 2 N–H and O–H groups in total. The average molecular weight is 191 g/mol. The first-order valence-electron chi connectivity index (χ1n) is 5.26. The molecule has 0 atom stereocenters. The summed E-state index contributed by atoms with van der Waals surface area (Å²) in [5.41, 5.74) is 14.2. The quantitative estimate of drug-likeness (QED) is 0.764. The van der Waals surface area contributed by atoms with E-state index in [9.17, 15) is 0 Å². The van der Waals surface area contributed by atoms with Gasteiger partial charge in [-0.05, 0) is 81.0 Å². The fourth-order valence-corrected chi connectivity index (χ4v) is 2.10. The van der Waals surface area contributed by atoms with Crippen LogP contribution in [0.1, 0.15) is 33.4 Å². The minimum Gasteiger partial charge on any atom is -0.330 e. The molecular formula is C13H21N. The van der Waals surface area contributed by atoms with Gasteiger partial charge < -0.3 is 5.73 Å². The Kier molecular flexibility index (Phi) is 3.33. The fourth-order valence-electron chi connectivity index (χ4n) is 2.10. The molecule has 1 heteroatoms. The van der Waals surface area contributed by atoms with Gasteiger partial charge in [0.1, 0.15) is 0 Å². The van der Waals surface area contributed by atoms with Gasteiger partial charge in [-0.3, -0.25) is 0 Å². The lowest BCUT2D eigenvalue weighted by molar-refractivity contribution is 0.933. The molecule has 0 heterocycles. The van der Waals surface area contributed by atoms with E-state index in [1.807, 2.05) is 0 Å². The highest BCUT2D eigenvalue weighted by atomic mass is 14.5. The molecule has 0 bridgehead atoms. The summed E-state index contributed by atoms with van der Waals surface area (Å²) < 4.78 is 0. The maximum absolute atomic E-state index is 5.64. The van der Waals surface area contributed by atoms with E-state index < -0.39 is 0 Å². The molecule has 14 heavy (non-hydrogen) atoms. The molecule has 1 aromatic rings. The lowest BCUT2D eigenvalue weighted by Crippen LogP contribution is -2.09. The average Bonchev–Trinajstić information content (AvgIpc) is 2.19. The Bertz CT molecular complexity index is 322. The maximum atomic E-state index is 5.64. The van der Waals surface area contributed by atoms with Gasteiger partial charge in [0.15, 0.2) is 0 Å². The van der Waals surface area contributed by atoms with Crippen LogP contribution in [0.5, 0.6) is 0 Å². The number of rotatable bonds is 2. The topological polar surface area (TPSA) is 26.0 Å². The van der Waals surface area contributed by atoms with Gasteiger partial charge in [0.2, 0.25) is 0 Å². The highest BCUT2D eigenvalue weighted by Gasteiger charge is 2.10. The lowest BCUT2D eigenvalue weighted by atomic mass is 9.88. The van der Waals surface area contributed by atoms with Crippen molar-refractivity contribution in [2.75, 3.05) is 6.54 Å². The van der Waals surface area contributed by atoms with Crippen LogP contribution in [0.25, 0.3) is 0 Å². The second-order valence-electron chi connectivity index (χ2n) is 4.14. The van der Waals surface area contributed by atoms with Crippen molar-refractivity contribution in [1.82, 2.24) is 0 Å². The standard InChI is InChI=1S/C13H21N/c1-8-9(2)11(4)13(6-7-14)12(5)10(8)3/h6-7,14H2,1-5H3. The molecule has 0 radical (unpaired) electrons. The third kappa shape index (κ3) is 1.69. The van der Waals surface area contributed by atoms with Gasteiger partial charge in [-0.15, -0.1) is 0 Å². The van der Waals surface area contributed by atoms with Gasteiger partial charge in [-0.1, -0.05) is 0 Å². The third-order valence-electron chi connectivity index (χ3n) is 3.55. The Morgan fingerprint density at radius 3 is 1.43 bits per heavy atom. The van der Waals surface area contributed by atoms with Crippen LogP contribution >= 0.6 is 0 Å². The number of benzene rings is 1. The molecule has 0 aliphatic carbocycles. The number of hydrogen-bond acceptors (Lipinski definition) is 1. The van der Waals surface area contributed by atoms with E-state index in [4.69, 9.17) is 5.73 Å². The summed E-state index contributed by atoms with van der Waals surface area (Å²) in [6.07, 6.45) is 1.000. The van der Waals surface area contributed by atoms with Gasteiger partial charge in [0.25, 0.3) is 0 Å². The second-order valence-corrected chi connectivity index (χ2v) is 4.14. The van der Waals surface area contributed by atoms with Gasteiger partial charge in [-0.25, -0.2) is 0 Å². The van der Waals surface area contributed by atoms with Crippen molar-refractivity contribution in [3.8, 4) is 0 Å². The van der Waals surface area contributed by atoms with Gasteiger partial charge in [-0.2, -0.15) is 0 Å². The highest BCUT2D eigenvalue weighted by Crippen LogP contribution is 2.25. The summed E-state index contributed by atoms with van der Waals surface area (Å²) in [6.45, 7) is 11.8. The zero-order chi connectivity index (χ0) is 10.9. The van der Waals surface area contributed by atoms with Gasteiger partial charge >= 0.3 is 0 Å². The third-order valence-corrected chi connectivity index (χ3v) is 3.55. The molecule has 0 aromatic heterocycles. The van der Waals surface area contributed by atoms with Crippen molar-refractivity contribution in [2.45, 2.75) is 41.0 Å². The molecule has 0 unspecified atom stereocenters. The SMILES string of the molecule is Cc1c(C)c(C)c(CCN)c(C)c1C. The van der Waals surface area contributed by atoms with E-state index in [0.717, 1.165) is 13.0 Å². The summed E-state index contributed by atoms with van der Waals surface area (Å²) in [4.78, 5) is 0. The van der Waals surface area contributed by atoms with Gasteiger partial charge in [0, 0.05) is 0 Å². The highest BCUT2D eigenvalue weighted by molar-refractivity contribution is 5.49. The van der Waals surface area contributed by atoms with Crippen LogP contribution < -0.4 is 5.73 Å². The van der Waals surface area contributed by atoms with E-state index >= 15 is 0 Å². The van der Waals surface area contributed by atoms with Crippen LogP contribution in [-0.2, 0) is 6.42 Å². The maximum Gasteiger partial charge on any atom is -0.00365 e. The van der Waals surface area contributed by atoms with E-state index in [0.29, 0.717) is 0 Å². The molecule has 1 aromatic carbocycles. The first-order valence-corrected chi connectivity index (χ1v) is 5.26. The summed E-state index contributed by atoms with van der Waals surface area (Å²) >= 11 is 0. The zero-order valence-electron chi connectivity index (χ0n) is 9.99. The lowest BCUT2D eigenvalue weighted by Gasteiger charge is -2.18. The predicted octanol–water partition coefficient (Wildman–Crippen LogP) is 2.73. The van der Waals surface area contributed by atoms with E-state index in [1.165, 1.54) is 33.4 Å². The van der Waals surface area contributed by atoms with Crippen LogP contribution in [-0.4, -0.2) is 6.54 Å². The van der Waals surface area contributed by atoms with E-state index in [2.05, 4.69) is 34.6 Å². The smallest absolute Gasteiger partial charge is 0.00365 e. The van der Waals surface area contributed by atoms with Crippen LogP contribution in [0.3, 0.4) is 0 Å².